The molecule has 7 heteroatoms. The predicted octanol–water partition coefficient (Wildman–Crippen LogP) is 0.269. The smallest absolute Gasteiger partial charge is 0.244 e. The van der Waals surface area contributed by atoms with Crippen LogP contribution in [0.15, 0.2) is 23.2 Å². The van der Waals surface area contributed by atoms with E-state index in [0.717, 1.165) is 6.54 Å². The minimum absolute atomic E-state index is 0.164. The SMILES string of the molecule is CCNc1ccc(S(=O)(=O)N2CCC(O)C2)cn1. The normalized spacial score (nSPS) is 21.1. The fourth-order valence-electron chi connectivity index (χ4n) is 1.90. The summed E-state index contributed by atoms with van der Waals surface area (Å²) in [5.74, 6) is 0.651. The quantitative estimate of drug-likeness (QED) is 0.821. The Hall–Kier alpha value is -1.18. The lowest BCUT2D eigenvalue weighted by molar-refractivity contribution is 0.189. The van der Waals surface area contributed by atoms with Crippen LogP contribution < -0.4 is 5.32 Å². The summed E-state index contributed by atoms with van der Waals surface area (Å²) in [6, 6.07) is 3.17. The zero-order chi connectivity index (χ0) is 13.2. The molecule has 0 aliphatic carbocycles. The minimum Gasteiger partial charge on any atom is -0.392 e. The van der Waals surface area contributed by atoms with E-state index in [-0.39, 0.29) is 11.4 Å². The Morgan fingerprint density at radius 1 is 1.56 bits per heavy atom. The van der Waals surface area contributed by atoms with Crippen LogP contribution in [0.2, 0.25) is 0 Å². The van der Waals surface area contributed by atoms with Gasteiger partial charge in [-0.25, -0.2) is 13.4 Å². The van der Waals surface area contributed by atoms with Crippen molar-refractivity contribution in [3.63, 3.8) is 0 Å². The molecular formula is C11H17N3O3S. The third kappa shape index (κ3) is 2.63. The average molecular weight is 271 g/mol. The molecule has 1 aromatic heterocycles. The average Bonchev–Trinajstić information content (AvgIpc) is 2.78. The van der Waals surface area contributed by atoms with Gasteiger partial charge in [0.15, 0.2) is 0 Å². The maximum atomic E-state index is 12.2. The maximum Gasteiger partial charge on any atom is 0.244 e. The molecular weight excluding hydrogens is 254 g/mol. The lowest BCUT2D eigenvalue weighted by Crippen LogP contribution is -2.29. The van der Waals surface area contributed by atoms with Crippen molar-refractivity contribution in [2.24, 2.45) is 0 Å². The lowest BCUT2D eigenvalue weighted by Gasteiger charge is -2.15. The second kappa shape index (κ2) is 5.21. The van der Waals surface area contributed by atoms with Crippen molar-refractivity contribution in [1.82, 2.24) is 9.29 Å². The number of pyridine rings is 1. The van der Waals surface area contributed by atoms with Crippen molar-refractivity contribution in [3.05, 3.63) is 18.3 Å². The van der Waals surface area contributed by atoms with Crippen LogP contribution in [0.5, 0.6) is 0 Å². The Morgan fingerprint density at radius 2 is 2.33 bits per heavy atom. The zero-order valence-electron chi connectivity index (χ0n) is 10.2. The molecule has 0 saturated carbocycles. The molecule has 1 aromatic rings. The maximum absolute atomic E-state index is 12.2. The molecule has 0 aromatic carbocycles. The molecule has 0 amide bonds. The molecule has 2 heterocycles. The molecule has 2 rings (SSSR count). The summed E-state index contributed by atoms with van der Waals surface area (Å²) in [5.41, 5.74) is 0. The van der Waals surface area contributed by atoms with E-state index >= 15 is 0 Å². The van der Waals surface area contributed by atoms with E-state index in [1.54, 1.807) is 6.07 Å². The number of hydrogen-bond acceptors (Lipinski definition) is 5. The molecule has 0 spiro atoms. The van der Waals surface area contributed by atoms with E-state index in [1.165, 1.54) is 16.6 Å². The van der Waals surface area contributed by atoms with Crippen LogP contribution in [0.3, 0.4) is 0 Å². The molecule has 1 unspecified atom stereocenters. The van der Waals surface area contributed by atoms with Gasteiger partial charge in [0.1, 0.15) is 10.7 Å². The molecule has 6 nitrogen and oxygen atoms in total. The monoisotopic (exact) mass is 271 g/mol. The van der Waals surface area contributed by atoms with E-state index in [1.807, 2.05) is 6.92 Å². The molecule has 1 aliphatic heterocycles. The van der Waals surface area contributed by atoms with Gasteiger partial charge in [-0.3, -0.25) is 0 Å². The van der Waals surface area contributed by atoms with E-state index in [9.17, 15) is 13.5 Å². The minimum atomic E-state index is -3.52. The molecule has 1 fully saturated rings. The van der Waals surface area contributed by atoms with Gasteiger partial charge in [0.25, 0.3) is 0 Å². The number of hydrogen-bond donors (Lipinski definition) is 2. The summed E-state index contributed by atoms with van der Waals surface area (Å²) >= 11 is 0. The lowest BCUT2D eigenvalue weighted by atomic mass is 10.3. The van der Waals surface area contributed by atoms with Crippen LogP contribution in [0.25, 0.3) is 0 Å². The van der Waals surface area contributed by atoms with E-state index in [4.69, 9.17) is 0 Å². The zero-order valence-corrected chi connectivity index (χ0v) is 11.0. The van der Waals surface area contributed by atoms with Crippen molar-refractivity contribution < 1.29 is 13.5 Å². The first-order valence-electron chi connectivity index (χ1n) is 5.92. The van der Waals surface area contributed by atoms with Gasteiger partial charge < -0.3 is 10.4 Å². The third-order valence-corrected chi connectivity index (χ3v) is 4.71. The third-order valence-electron chi connectivity index (χ3n) is 2.86. The number of aliphatic hydroxyl groups excluding tert-OH is 1. The second-order valence-corrected chi connectivity index (χ2v) is 6.15. The highest BCUT2D eigenvalue weighted by molar-refractivity contribution is 7.89. The highest BCUT2D eigenvalue weighted by Crippen LogP contribution is 2.21. The Bertz CT molecular complexity index is 501. The van der Waals surface area contributed by atoms with E-state index < -0.39 is 16.1 Å². The van der Waals surface area contributed by atoms with Gasteiger partial charge in [-0.2, -0.15) is 4.31 Å². The number of aromatic nitrogens is 1. The first kappa shape index (κ1) is 13.3. The van der Waals surface area contributed by atoms with Crippen molar-refractivity contribution in [1.29, 1.82) is 0 Å². The van der Waals surface area contributed by atoms with Gasteiger partial charge >= 0.3 is 0 Å². The van der Waals surface area contributed by atoms with Gasteiger partial charge in [0, 0.05) is 25.8 Å². The van der Waals surface area contributed by atoms with Crippen molar-refractivity contribution in [2.45, 2.75) is 24.3 Å². The number of nitrogens with zero attached hydrogens (tertiary/aromatic N) is 2. The van der Waals surface area contributed by atoms with Crippen LogP contribution in [0, 0.1) is 0 Å². The number of sulfonamides is 1. The predicted molar refractivity (Wildman–Crippen MR) is 67.8 cm³/mol. The molecule has 1 saturated heterocycles. The van der Waals surface area contributed by atoms with Crippen molar-refractivity contribution in [2.75, 3.05) is 25.0 Å². The number of aliphatic hydroxyl groups is 1. The van der Waals surface area contributed by atoms with Crippen LogP contribution in [-0.4, -0.2) is 48.6 Å². The summed E-state index contributed by atoms with van der Waals surface area (Å²) in [5, 5.41) is 12.4. The van der Waals surface area contributed by atoms with Crippen LogP contribution in [0.4, 0.5) is 5.82 Å². The van der Waals surface area contributed by atoms with E-state index in [2.05, 4.69) is 10.3 Å². The summed E-state index contributed by atoms with van der Waals surface area (Å²) in [4.78, 5) is 4.21. The first-order valence-corrected chi connectivity index (χ1v) is 7.36. The van der Waals surface area contributed by atoms with Crippen LogP contribution in [0.1, 0.15) is 13.3 Å². The van der Waals surface area contributed by atoms with E-state index in [0.29, 0.717) is 18.8 Å². The Balaban J connectivity index is 2.19. The fourth-order valence-corrected chi connectivity index (χ4v) is 3.33. The molecule has 1 aliphatic rings. The Labute approximate surface area is 107 Å². The van der Waals surface area contributed by atoms with Gasteiger partial charge in [-0.15, -0.1) is 0 Å². The number of β-amino-alcohol motifs (C(OH)–C–C–N with tert-alkyl or cyclic N) is 1. The van der Waals surface area contributed by atoms with Gasteiger partial charge in [-0.1, -0.05) is 0 Å². The standard InChI is InChI=1S/C11H17N3O3S/c1-2-12-11-4-3-10(7-13-11)18(16,17)14-6-5-9(15)8-14/h3-4,7,9,15H,2,5-6,8H2,1H3,(H,12,13). The molecule has 100 valence electrons. The summed E-state index contributed by atoms with van der Waals surface area (Å²) < 4.78 is 25.7. The molecule has 0 bridgehead atoms. The van der Waals surface area contributed by atoms with Crippen molar-refractivity contribution in [3.8, 4) is 0 Å². The van der Waals surface area contributed by atoms with Crippen LogP contribution in [-0.2, 0) is 10.0 Å². The molecule has 18 heavy (non-hydrogen) atoms. The van der Waals surface area contributed by atoms with Gasteiger partial charge in [-0.05, 0) is 25.5 Å². The second-order valence-electron chi connectivity index (χ2n) is 4.22. The molecule has 0 radical (unpaired) electrons. The van der Waals surface area contributed by atoms with Gasteiger partial charge in [0.2, 0.25) is 10.0 Å². The number of nitrogens with one attached hydrogen (secondary N) is 1. The topological polar surface area (TPSA) is 82.5 Å². The van der Waals surface area contributed by atoms with Crippen LogP contribution >= 0.6 is 0 Å². The summed E-state index contributed by atoms with van der Waals surface area (Å²) in [6.45, 7) is 3.20. The largest absolute Gasteiger partial charge is 0.392 e. The summed E-state index contributed by atoms with van der Waals surface area (Å²) in [6.07, 6.45) is 1.27. The fraction of sp³-hybridized carbons (Fsp3) is 0.545. The Kier molecular flexibility index (Phi) is 3.84. The molecule has 1 atom stereocenters. The molecule has 2 N–H and O–H groups in total. The van der Waals surface area contributed by atoms with Gasteiger partial charge in [0.05, 0.1) is 6.10 Å². The number of rotatable bonds is 4. The first-order chi connectivity index (χ1) is 8.54. The number of anilines is 1. The summed E-state index contributed by atoms with van der Waals surface area (Å²) in [7, 11) is -3.52. The van der Waals surface area contributed by atoms with Crippen molar-refractivity contribution >= 4 is 15.8 Å². The Morgan fingerprint density at radius 3 is 2.83 bits per heavy atom. The highest BCUT2D eigenvalue weighted by atomic mass is 32.2. The highest BCUT2D eigenvalue weighted by Gasteiger charge is 2.31.